The number of ether oxygens (including phenoxy) is 2. The number of hydrogen-bond acceptors (Lipinski definition) is 5. The minimum atomic E-state index is -1.00. The van der Waals surface area contributed by atoms with Crippen molar-refractivity contribution in [3.05, 3.63) is 57.6 Å². The summed E-state index contributed by atoms with van der Waals surface area (Å²) in [6.45, 7) is 8.88. The highest BCUT2D eigenvalue weighted by molar-refractivity contribution is 6.37. The van der Waals surface area contributed by atoms with E-state index in [4.69, 9.17) is 44.3 Å². The van der Waals surface area contributed by atoms with Crippen LogP contribution in [0.25, 0.3) is 0 Å². The average Bonchev–Trinajstić information content (AvgIpc) is 2.80. The Morgan fingerprint density at radius 1 is 0.971 bits per heavy atom. The van der Waals surface area contributed by atoms with Crippen LogP contribution in [0.2, 0.25) is 10.0 Å². The molecule has 2 amide bonds. The van der Waals surface area contributed by atoms with Crippen molar-refractivity contribution in [3.63, 3.8) is 0 Å². The molecule has 2 aromatic rings. The van der Waals surface area contributed by atoms with Crippen LogP contribution in [0.4, 0.5) is 0 Å². The van der Waals surface area contributed by atoms with Gasteiger partial charge in [-0.2, -0.15) is 0 Å². The van der Waals surface area contributed by atoms with Crippen LogP contribution in [0.5, 0.6) is 11.5 Å². The van der Waals surface area contributed by atoms with Gasteiger partial charge >= 0.3 is 0 Å². The molecule has 0 aromatic heterocycles. The van der Waals surface area contributed by atoms with Gasteiger partial charge < -0.3 is 14.6 Å². The highest BCUT2D eigenvalue weighted by Crippen LogP contribution is 2.40. The van der Waals surface area contributed by atoms with E-state index in [1.54, 1.807) is 12.1 Å². The van der Waals surface area contributed by atoms with Crippen LogP contribution in [0.1, 0.15) is 45.7 Å². The average molecular weight is 545 g/mol. The Kier molecular flexibility index (Phi) is 10.7. The SMILES string of the molecule is CC(=O)N(C[C@@H](O)COc1ccc(C(C)(C)c2cc(Cl)c(OC[C@@H](C)CCl)c(Cl)c2)cc1)C(C)=O. The van der Waals surface area contributed by atoms with E-state index < -0.39 is 23.3 Å². The quantitative estimate of drug-likeness (QED) is 0.367. The van der Waals surface area contributed by atoms with Gasteiger partial charge in [0.15, 0.2) is 5.75 Å². The monoisotopic (exact) mass is 543 g/mol. The van der Waals surface area contributed by atoms with Crippen molar-refractivity contribution in [2.45, 2.75) is 46.1 Å². The Hall–Kier alpha value is -1.99. The molecule has 35 heavy (non-hydrogen) atoms. The Morgan fingerprint density at radius 2 is 1.51 bits per heavy atom. The molecule has 0 spiro atoms. The molecule has 1 N–H and O–H groups in total. The number of alkyl halides is 1. The van der Waals surface area contributed by atoms with E-state index in [2.05, 4.69) is 13.8 Å². The first-order valence-corrected chi connectivity index (χ1v) is 12.5. The smallest absolute Gasteiger partial charge is 0.226 e. The van der Waals surface area contributed by atoms with Gasteiger partial charge in [-0.25, -0.2) is 0 Å². The molecule has 0 saturated carbocycles. The minimum absolute atomic E-state index is 0.0607. The number of amides is 2. The van der Waals surface area contributed by atoms with E-state index in [9.17, 15) is 14.7 Å². The zero-order valence-corrected chi connectivity index (χ0v) is 22.9. The van der Waals surface area contributed by atoms with E-state index in [-0.39, 0.29) is 19.1 Å². The predicted molar refractivity (Wildman–Crippen MR) is 140 cm³/mol. The van der Waals surface area contributed by atoms with Gasteiger partial charge in [-0.15, -0.1) is 11.6 Å². The number of halogens is 3. The molecule has 0 radical (unpaired) electrons. The second-order valence-corrected chi connectivity index (χ2v) is 10.2. The zero-order chi connectivity index (χ0) is 26.3. The third kappa shape index (κ3) is 8.01. The van der Waals surface area contributed by atoms with E-state index in [1.165, 1.54) is 13.8 Å². The van der Waals surface area contributed by atoms with Crippen LogP contribution in [-0.2, 0) is 15.0 Å². The summed E-state index contributed by atoms with van der Waals surface area (Å²) in [5.74, 6) is 0.799. The van der Waals surface area contributed by atoms with Crippen LogP contribution in [0.3, 0.4) is 0 Å². The van der Waals surface area contributed by atoms with Crippen molar-refractivity contribution in [2.75, 3.05) is 25.6 Å². The van der Waals surface area contributed by atoms with Crippen LogP contribution >= 0.6 is 34.8 Å². The summed E-state index contributed by atoms with van der Waals surface area (Å²) in [4.78, 5) is 24.0. The van der Waals surface area contributed by atoms with Crippen LogP contribution < -0.4 is 9.47 Å². The second kappa shape index (κ2) is 12.8. The summed E-state index contributed by atoms with van der Waals surface area (Å²) in [6.07, 6.45) is -1.00. The molecule has 9 heteroatoms. The van der Waals surface area contributed by atoms with Gasteiger partial charge in [0.2, 0.25) is 11.8 Å². The molecule has 2 rings (SSSR count). The maximum atomic E-state index is 11.5. The lowest BCUT2D eigenvalue weighted by Crippen LogP contribution is -2.41. The van der Waals surface area contributed by atoms with Gasteiger partial charge in [0.1, 0.15) is 18.5 Å². The maximum Gasteiger partial charge on any atom is 0.226 e. The minimum Gasteiger partial charge on any atom is -0.491 e. The number of aliphatic hydroxyl groups excluding tert-OH is 1. The van der Waals surface area contributed by atoms with Crippen molar-refractivity contribution in [1.82, 2.24) is 4.90 Å². The third-order valence-corrected chi connectivity index (χ3v) is 6.76. The van der Waals surface area contributed by atoms with Crippen molar-refractivity contribution in [1.29, 1.82) is 0 Å². The van der Waals surface area contributed by atoms with Crippen molar-refractivity contribution in [3.8, 4) is 11.5 Å². The Labute approximate surface area is 222 Å². The molecule has 192 valence electrons. The second-order valence-electron chi connectivity index (χ2n) is 9.10. The molecule has 0 aliphatic rings. The third-order valence-electron chi connectivity index (χ3n) is 5.67. The molecule has 0 aliphatic heterocycles. The number of rotatable bonds is 11. The standard InChI is InChI=1S/C26H32Cl3NO5/c1-16(12-27)14-35-25-23(28)10-20(11-24(25)29)26(4,5)19-6-8-22(9-7-19)34-15-21(33)13-30(17(2)31)18(3)32/h6-11,16,21,33H,12-15H2,1-5H3/t16-,21+/m0/s1. The topological polar surface area (TPSA) is 76.1 Å². The first kappa shape index (κ1) is 29.2. The fraction of sp³-hybridized carbons (Fsp3) is 0.462. The summed E-state index contributed by atoms with van der Waals surface area (Å²) in [5.41, 5.74) is 1.50. The number of hydrogen-bond donors (Lipinski definition) is 1. The number of carbonyl (C=O) groups excluding carboxylic acids is 2. The Bertz CT molecular complexity index is 989. The summed E-state index contributed by atoms with van der Waals surface area (Å²) >= 11 is 18.8. The fourth-order valence-electron chi connectivity index (χ4n) is 3.40. The van der Waals surface area contributed by atoms with Gasteiger partial charge in [-0.1, -0.05) is 56.1 Å². The van der Waals surface area contributed by atoms with Gasteiger partial charge in [0.25, 0.3) is 0 Å². The molecule has 6 nitrogen and oxygen atoms in total. The van der Waals surface area contributed by atoms with Gasteiger partial charge in [0.05, 0.1) is 23.2 Å². The van der Waals surface area contributed by atoms with Gasteiger partial charge in [-0.05, 0) is 35.4 Å². The highest BCUT2D eigenvalue weighted by atomic mass is 35.5. The summed E-state index contributed by atoms with van der Waals surface area (Å²) in [6, 6.07) is 11.1. The summed E-state index contributed by atoms with van der Waals surface area (Å²) in [5, 5.41) is 11.0. The lowest BCUT2D eigenvalue weighted by Gasteiger charge is -2.27. The molecule has 2 atom stereocenters. The molecule has 0 saturated heterocycles. The molecule has 0 unspecified atom stereocenters. The van der Waals surface area contributed by atoms with Crippen molar-refractivity contribution >= 4 is 46.6 Å². The normalized spacial score (nSPS) is 13.2. The molecule has 0 heterocycles. The van der Waals surface area contributed by atoms with E-state index in [0.717, 1.165) is 16.0 Å². The lowest BCUT2D eigenvalue weighted by atomic mass is 9.78. The van der Waals surface area contributed by atoms with Crippen LogP contribution in [0, 0.1) is 5.92 Å². The predicted octanol–water partition coefficient (Wildman–Crippen LogP) is 5.71. The lowest BCUT2D eigenvalue weighted by molar-refractivity contribution is -0.144. The molecule has 2 aromatic carbocycles. The fourth-order valence-corrected chi connectivity index (χ4v) is 4.08. The van der Waals surface area contributed by atoms with Gasteiger partial charge in [0, 0.05) is 31.1 Å². The number of aliphatic hydroxyl groups is 1. The van der Waals surface area contributed by atoms with E-state index >= 15 is 0 Å². The largest absolute Gasteiger partial charge is 0.491 e. The number of carbonyl (C=O) groups is 2. The first-order valence-electron chi connectivity index (χ1n) is 11.2. The first-order chi connectivity index (χ1) is 16.4. The Morgan fingerprint density at radius 3 is 2.00 bits per heavy atom. The summed E-state index contributed by atoms with van der Waals surface area (Å²) < 4.78 is 11.4. The number of benzene rings is 2. The highest BCUT2D eigenvalue weighted by Gasteiger charge is 2.26. The van der Waals surface area contributed by atoms with Crippen molar-refractivity contribution in [2.24, 2.45) is 5.92 Å². The maximum absolute atomic E-state index is 11.5. The molecule has 0 aliphatic carbocycles. The van der Waals surface area contributed by atoms with Crippen LogP contribution in [-0.4, -0.2) is 53.6 Å². The van der Waals surface area contributed by atoms with Gasteiger partial charge in [-0.3, -0.25) is 14.5 Å². The number of imide groups is 1. The molecule has 0 bridgehead atoms. The zero-order valence-electron chi connectivity index (χ0n) is 20.6. The number of nitrogens with zero attached hydrogens (tertiary/aromatic N) is 1. The summed E-state index contributed by atoms with van der Waals surface area (Å²) in [7, 11) is 0. The van der Waals surface area contributed by atoms with E-state index in [1.807, 2.05) is 31.2 Å². The molecular formula is C26H32Cl3NO5. The molecule has 0 fully saturated rings. The van der Waals surface area contributed by atoms with Crippen molar-refractivity contribution < 1.29 is 24.2 Å². The Balaban J connectivity index is 2.09. The molecular weight excluding hydrogens is 513 g/mol. The van der Waals surface area contributed by atoms with Crippen LogP contribution in [0.15, 0.2) is 36.4 Å². The van der Waals surface area contributed by atoms with E-state index in [0.29, 0.717) is 34.0 Å².